The van der Waals surface area contributed by atoms with Crippen molar-refractivity contribution in [2.24, 2.45) is 0 Å². The van der Waals surface area contributed by atoms with Crippen LogP contribution in [-0.4, -0.2) is 11.9 Å². The van der Waals surface area contributed by atoms with Gasteiger partial charge < -0.3 is 4.74 Å². The van der Waals surface area contributed by atoms with Crippen molar-refractivity contribution in [1.82, 2.24) is 0 Å². The molecule has 1 aromatic carbocycles. The van der Waals surface area contributed by atoms with E-state index in [1.54, 1.807) is 0 Å². The van der Waals surface area contributed by atoms with Gasteiger partial charge in [0.2, 0.25) is 0 Å². The maximum absolute atomic E-state index is 12.3. The van der Waals surface area contributed by atoms with Crippen molar-refractivity contribution in [3.63, 3.8) is 0 Å². The molecule has 2 nitrogen and oxygen atoms in total. The van der Waals surface area contributed by atoms with Crippen LogP contribution in [0, 0.1) is 0 Å². The number of ether oxygens (including phenoxy) is 1. The van der Waals surface area contributed by atoms with Gasteiger partial charge in [-0.15, -0.1) is 0 Å². The van der Waals surface area contributed by atoms with Crippen LogP contribution in [0.1, 0.15) is 49.9 Å². The summed E-state index contributed by atoms with van der Waals surface area (Å²) in [6.45, 7) is 3.97. The van der Waals surface area contributed by atoms with E-state index in [-0.39, 0.29) is 11.9 Å². The van der Waals surface area contributed by atoms with E-state index < -0.39 is 0 Å². The highest BCUT2D eigenvalue weighted by Crippen LogP contribution is 2.23. The van der Waals surface area contributed by atoms with Crippen LogP contribution < -0.4 is 4.74 Å². The van der Waals surface area contributed by atoms with Gasteiger partial charge in [-0.2, -0.15) is 0 Å². The smallest absolute Gasteiger partial charge is 0.188 e. The minimum atomic E-state index is 0.129. The van der Waals surface area contributed by atoms with Crippen LogP contribution in [0.15, 0.2) is 35.9 Å². The van der Waals surface area contributed by atoms with Crippen molar-refractivity contribution in [2.75, 3.05) is 0 Å². The van der Waals surface area contributed by atoms with Gasteiger partial charge in [-0.25, -0.2) is 0 Å². The molecule has 2 rings (SSSR count). The number of benzene rings is 1. The number of hydrogen-bond donors (Lipinski definition) is 0. The van der Waals surface area contributed by atoms with E-state index in [1.165, 1.54) is 6.42 Å². The van der Waals surface area contributed by atoms with E-state index in [0.29, 0.717) is 0 Å². The predicted octanol–water partition coefficient (Wildman–Crippen LogP) is 4.16. The first kappa shape index (κ1) is 12.9. The number of allylic oxidation sites excluding steroid dienone is 2. The molecule has 0 radical (unpaired) electrons. The van der Waals surface area contributed by atoms with E-state index in [2.05, 4.69) is 6.08 Å². The summed E-state index contributed by atoms with van der Waals surface area (Å²) in [5.41, 5.74) is 1.70. The Morgan fingerprint density at radius 3 is 2.78 bits per heavy atom. The molecule has 0 heterocycles. The van der Waals surface area contributed by atoms with Gasteiger partial charge in [0, 0.05) is 5.56 Å². The Morgan fingerprint density at radius 2 is 2.11 bits per heavy atom. The predicted molar refractivity (Wildman–Crippen MR) is 73.1 cm³/mol. The maximum Gasteiger partial charge on any atom is 0.188 e. The van der Waals surface area contributed by atoms with Gasteiger partial charge in [0.15, 0.2) is 5.78 Å². The molecule has 1 aliphatic rings. The van der Waals surface area contributed by atoms with Crippen molar-refractivity contribution in [2.45, 2.75) is 45.6 Å². The first-order valence-electron chi connectivity index (χ1n) is 6.67. The zero-order chi connectivity index (χ0) is 13.0. The van der Waals surface area contributed by atoms with Gasteiger partial charge in [0.25, 0.3) is 0 Å². The topological polar surface area (TPSA) is 26.3 Å². The highest BCUT2D eigenvalue weighted by molar-refractivity contribution is 6.08. The fourth-order valence-electron chi connectivity index (χ4n) is 2.21. The fourth-order valence-corrected chi connectivity index (χ4v) is 2.21. The number of Topliss-reactive ketones (excluding diaryl/α,β-unsaturated/α-hetero) is 1. The van der Waals surface area contributed by atoms with E-state index in [9.17, 15) is 4.79 Å². The molecular weight excluding hydrogens is 224 g/mol. The summed E-state index contributed by atoms with van der Waals surface area (Å²) in [6, 6.07) is 7.49. The van der Waals surface area contributed by atoms with Crippen LogP contribution in [0.4, 0.5) is 0 Å². The Bertz CT molecular complexity index is 458. The van der Waals surface area contributed by atoms with E-state index in [0.717, 1.165) is 36.1 Å². The summed E-state index contributed by atoms with van der Waals surface area (Å²) in [5.74, 6) is 0.927. The van der Waals surface area contributed by atoms with Crippen molar-refractivity contribution in [3.05, 3.63) is 41.5 Å². The largest absolute Gasteiger partial charge is 0.491 e. The molecule has 0 amide bonds. The molecule has 0 spiro atoms. The SMILES string of the molecule is CC(C)Oc1cccc(C(=O)C2=CCCCC2)c1. The lowest BCUT2D eigenvalue weighted by molar-refractivity contribution is 0.102. The van der Waals surface area contributed by atoms with Crippen molar-refractivity contribution in [3.8, 4) is 5.75 Å². The van der Waals surface area contributed by atoms with Crippen LogP contribution in [0.5, 0.6) is 5.75 Å². The monoisotopic (exact) mass is 244 g/mol. The second-order valence-corrected chi connectivity index (χ2v) is 5.00. The van der Waals surface area contributed by atoms with E-state index >= 15 is 0 Å². The summed E-state index contributed by atoms with van der Waals surface area (Å²) < 4.78 is 5.62. The Kier molecular flexibility index (Phi) is 4.19. The Hall–Kier alpha value is -1.57. The summed E-state index contributed by atoms with van der Waals surface area (Å²) in [7, 11) is 0. The average Bonchev–Trinajstić information content (AvgIpc) is 2.38. The summed E-state index contributed by atoms with van der Waals surface area (Å²) >= 11 is 0. The third-order valence-electron chi connectivity index (χ3n) is 3.05. The molecule has 0 bridgehead atoms. The lowest BCUT2D eigenvalue weighted by atomic mass is 9.93. The zero-order valence-corrected chi connectivity index (χ0v) is 11.1. The van der Waals surface area contributed by atoms with Gasteiger partial charge in [-0.3, -0.25) is 4.79 Å². The Balaban J connectivity index is 2.17. The van der Waals surface area contributed by atoms with Gasteiger partial charge in [-0.05, 0) is 57.2 Å². The summed E-state index contributed by atoms with van der Waals surface area (Å²) in [6.07, 6.45) is 6.48. The molecule has 2 heteroatoms. The number of carbonyl (C=O) groups excluding carboxylic acids is 1. The maximum atomic E-state index is 12.3. The second-order valence-electron chi connectivity index (χ2n) is 5.00. The molecule has 0 N–H and O–H groups in total. The van der Waals surface area contributed by atoms with E-state index in [1.807, 2.05) is 38.1 Å². The molecule has 0 aliphatic heterocycles. The Labute approximate surface area is 109 Å². The standard InChI is InChI=1S/C16H20O2/c1-12(2)18-15-10-6-9-14(11-15)16(17)13-7-4-3-5-8-13/h6-7,9-12H,3-5,8H2,1-2H3. The molecule has 1 aromatic rings. The van der Waals surface area contributed by atoms with Crippen molar-refractivity contribution in [1.29, 1.82) is 0 Å². The van der Waals surface area contributed by atoms with Crippen LogP contribution in [-0.2, 0) is 0 Å². The molecule has 0 aromatic heterocycles. The van der Waals surface area contributed by atoms with Gasteiger partial charge in [0.1, 0.15) is 5.75 Å². The fraction of sp³-hybridized carbons (Fsp3) is 0.438. The lowest BCUT2D eigenvalue weighted by Crippen LogP contribution is -2.08. The quantitative estimate of drug-likeness (QED) is 0.743. The number of hydrogen-bond acceptors (Lipinski definition) is 2. The molecule has 0 saturated heterocycles. The minimum absolute atomic E-state index is 0.129. The normalized spacial score (nSPS) is 15.4. The third kappa shape index (κ3) is 3.22. The second kappa shape index (κ2) is 5.85. The first-order valence-corrected chi connectivity index (χ1v) is 6.67. The van der Waals surface area contributed by atoms with E-state index in [4.69, 9.17) is 4.74 Å². The lowest BCUT2D eigenvalue weighted by Gasteiger charge is -2.13. The van der Waals surface area contributed by atoms with Crippen LogP contribution in [0.2, 0.25) is 0 Å². The third-order valence-corrected chi connectivity index (χ3v) is 3.05. The highest BCUT2D eigenvalue weighted by Gasteiger charge is 2.14. The molecule has 0 unspecified atom stereocenters. The van der Waals surface area contributed by atoms with Crippen molar-refractivity contribution >= 4 is 5.78 Å². The van der Waals surface area contributed by atoms with Crippen molar-refractivity contribution < 1.29 is 9.53 Å². The highest BCUT2D eigenvalue weighted by atomic mass is 16.5. The molecule has 96 valence electrons. The van der Waals surface area contributed by atoms with Crippen LogP contribution in [0.25, 0.3) is 0 Å². The first-order chi connectivity index (χ1) is 8.66. The molecule has 0 saturated carbocycles. The molecule has 0 atom stereocenters. The average molecular weight is 244 g/mol. The number of ketones is 1. The minimum Gasteiger partial charge on any atom is -0.491 e. The molecule has 18 heavy (non-hydrogen) atoms. The van der Waals surface area contributed by atoms with Gasteiger partial charge in [0.05, 0.1) is 6.10 Å². The molecule has 1 aliphatic carbocycles. The summed E-state index contributed by atoms with van der Waals surface area (Å²) in [5, 5.41) is 0. The zero-order valence-electron chi connectivity index (χ0n) is 11.1. The van der Waals surface area contributed by atoms with Crippen LogP contribution in [0.3, 0.4) is 0 Å². The number of rotatable bonds is 4. The molecular formula is C16H20O2. The van der Waals surface area contributed by atoms with Crippen LogP contribution >= 0.6 is 0 Å². The van der Waals surface area contributed by atoms with Gasteiger partial charge in [-0.1, -0.05) is 18.2 Å². The summed E-state index contributed by atoms with van der Waals surface area (Å²) in [4.78, 5) is 12.3. The molecule has 0 fully saturated rings. The Morgan fingerprint density at radius 1 is 1.28 bits per heavy atom. The van der Waals surface area contributed by atoms with Gasteiger partial charge >= 0.3 is 0 Å². The number of carbonyl (C=O) groups is 1.